The number of benzene rings is 1. The summed E-state index contributed by atoms with van der Waals surface area (Å²) in [5, 5.41) is 13.0. The van der Waals surface area contributed by atoms with E-state index >= 15 is 0 Å². The molecule has 0 aliphatic carbocycles. The maximum Gasteiger partial charge on any atom is 0.231 e. The third kappa shape index (κ3) is 3.40. The zero-order chi connectivity index (χ0) is 12.1. The zero-order valence-corrected chi connectivity index (χ0v) is 10.1. The molecule has 0 heterocycles. The van der Waals surface area contributed by atoms with Crippen LogP contribution >= 0.6 is 23.2 Å². The number of hydrogen-bond acceptors (Lipinski definition) is 2. The second kappa shape index (κ2) is 5.72. The van der Waals surface area contributed by atoms with Crippen molar-refractivity contribution in [2.24, 2.45) is 0 Å². The fourth-order valence-corrected chi connectivity index (χ4v) is 1.64. The summed E-state index contributed by atoms with van der Waals surface area (Å²) >= 11 is 11.8. The first kappa shape index (κ1) is 12.8. The van der Waals surface area contributed by atoms with Gasteiger partial charge in [-0.2, -0.15) is 0 Å². The van der Waals surface area contributed by atoms with Crippen LogP contribution in [-0.4, -0.2) is 18.9 Å². The van der Waals surface area contributed by atoms with Crippen molar-refractivity contribution in [2.75, 3.05) is 7.05 Å². The van der Waals surface area contributed by atoms with Crippen molar-refractivity contribution < 1.29 is 4.79 Å². The van der Waals surface area contributed by atoms with Crippen molar-refractivity contribution in [2.45, 2.75) is 6.42 Å². The molecule has 0 bridgehead atoms. The van der Waals surface area contributed by atoms with E-state index in [0.29, 0.717) is 15.6 Å². The fraction of sp³-hybridized carbons (Fsp3) is 0.200. The molecule has 0 fully saturated rings. The van der Waals surface area contributed by atoms with E-state index in [2.05, 4.69) is 10.6 Å². The Morgan fingerprint density at radius 2 is 1.94 bits per heavy atom. The number of hydrogen-bond donors (Lipinski definition) is 3. The SMILES string of the molecule is CNC(=N)NC(=O)Cc1c(Cl)cccc1Cl. The van der Waals surface area contributed by atoms with Gasteiger partial charge in [-0.15, -0.1) is 0 Å². The first-order valence-electron chi connectivity index (χ1n) is 4.53. The van der Waals surface area contributed by atoms with Crippen LogP contribution < -0.4 is 10.6 Å². The maximum absolute atomic E-state index is 11.5. The summed E-state index contributed by atoms with van der Waals surface area (Å²) in [6.07, 6.45) is 0.0442. The van der Waals surface area contributed by atoms with Crippen LogP contribution in [0.4, 0.5) is 0 Å². The van der Waals surface area contributed by atoms with E-state index in [1.807, 2.05) is 0 Å². The van der Waals surface area contributed by atoms with Crippen LogP contribution in [0.5, 0.6) is 0 Å². The molecule has 1 amide bonds. The molecule has 0 unspecified atom stereocenters. The minimum absolute atomic E-state index is 0.0442. The van der Waals surface area contributed by atoms with Crippen LogP contribution in [0, 0.1) is 5.41 Å². The standard InChI is InChI=1S/C10H11Cl2N3O/c1-14-10(13)15-9(16)5-6-7(11)3-2-4-8(6)12/h2-4H,5H2,1H3,(H3,13,14,15,16). The molecular weight excluding hydrogens is 249 g/mol. The second-order valence-electron chi connectivity index (χ2n) is 3.05. The quantitative estimate of drug-likeness (QED) is 0.560. The van der Waals surface area contributed by atoms with Gasteiger partial charge in [0.2, 0.25) is 5.91 Å². The fourth-order valence-electron chi connectivity index (χ4n) is 1.11. The molecule has 0 aromatic heterocycles. The van der Waals surface area contributed by atoms with Crippen molar-refractivity contribution in [3.63, 3.8) is 0 Å². The van der Waals surface area contributed by atoms with Gasteiger partial charge in [-0.1, -0.05) is 29.3 Å². The lowest BCUT2D eigenvalue weighted by Gasteiger charge is -2.08. The van der Waals surface area contributed by atoms with Gasteiger partial charge in [-0.3, -0.25) is 15.5 Å². The minimum atomic E-state index is -0.339. The Labute approximate surface area is 103 Å². The molecule has 4 nitrogen and oxygen atoms in total. The number of carbonyl (C=O) groups is 1. The summed E-state index contributed by atoms with van der Waals surface area (Å²) in [6, 6.07) is 5.04. The Hall–Kier alpha value is -1.26. The van der Waals surface area contributed by atoms with Gasteiger partial charge >= 0.3 is 0 Å². The molecule has 0 saturated carbocycles. The minimum Gasteiger partial charge on any atom is -0.359 e. The highest BCUT2D eigenvalue weighted by Gasteiger charge is 2.11. The number of nitrogens with one attached hydrogen (secondary N) is 3. The van der Waals surface area contributed by atoms with Crippen molar-refractivity contribution in [3.8, 4) is 0 Å². The number of guanidine groups is 1. The molecule has 0 saturated heterocycles. The highest BCUT2D eigenvalue weighted by Crippen LogP contribution is 2.24. The molecule has 0 aliphatic rings. The lowest BCUT2D eigenvalue weighted by atomic mass is 10.1. The molecule has 0 radical (unpaired) electrons. The molecule has 1 aromatic rings. The van der Waals surface area contributed by atoms with E-state index in [9.17, 15) is 4.79 Å². The molecule has 16 heavy (non-hydrogen) atoms. The Morgan fingerprint density at radius 1 is 1.38 bits per heavy atom. The molecule has 0 atom stereocenters. The molecule has 1 aromatic carbocycles. The summed E-state index contributed by atoms with van der Waals surface area (Å²) < 4.78 is 0. The molecule has 0 spiro atoms. The third-order valence-electron chi connectivity index (χ3n) is 1.91. The van der Waals surface area contributed by atoms with Crippen molar-refractivity contribution >= 4 is 35.1 Å². The number of halogens is 2. The van der Waals surface area contributed by atoms with Crippen molar-refractivity contribution in [1.29, 1.82) is 5.41 Å². The highest BCUT2D eigenvalue weighted by molar-refractivity contribution is 6.36. The second-order valence-corrected chi connectivity index (χ2v) is 3.86. The number of rotatable bonds is 2. The van der Waals surface area contributed by atoms with Gasteiger partial charge in [0.25, 0.3) is 0 Å². The molecule has 1 rings (SSSR count). The van der Waals surface area contributed by atoms with E-state index in [-0.39, 0.29) is 18.3 Å². The van der Waals surface area contributed by atoms with Gasteiger partial charge in [-0.05, 0) is 17.7 Å². The number of amides is 1. The normalized spacial score (nSPS) is 9.69. The van der Waals surface area contributed by atoms with E-state index in [1.165, 1.54) is 0 Å². The zero-order valence-electron chi connectivity index (χ0n) is 8.60. The van der Waals surface area contributed by atoms with Crippen LogP contribution in [0.1, 0.15) is 5.56 Å². The maximum atomic E-state index is 11.5. The number of carbonyl (C=O) groups excluding carboxylic acids is 1. The van der Waals surface area contributed by atoms with E-state index in [1.54, 1.807) is 25.2 Å². The highest BCUT2D eigenvalue weighted by atomic mass is 35.5. The molecule has 3 N–H and O–H groups in total. The summed E-state index contributed by atoms with van der Waals surface area (Å²) in [5.74, 6) is -0.400. The Kier molecular flexibility index (Phi) is 4.58. The van der Waals surface area contributed by atoms with Gasteiger partial charge in [0.15, 0.2) is 5.96 Å². The van der Waals surface area contributed by atoms with Crippen molar-refractivity contribution in [1.82, 2.24) is 10.6 Å². The first-order valence-corrected chi connectivity index (χ1v) is 5.29. The predicted octanol–water partition coefficient (Wildman–Crippen LogP) is 1.81. The van der Waals surface area contributed by atoms with Crippen LogP contribution in [0.3, 0.4) is 0 Å². The van der Waals surface area contributed by atoms with Gasteiger partial charge in [0, 0.05) is 17.1 Å². The van der Waals surface area contributed by atoms with Gasteiger partial charge in [0.05, 0.1) is 6.42 Å². The third-order valence-corrected chi connectivity index (χ3v) is 2.62. The van der Waals surface area contributed by atoms with E-state index in [4.69, 9.17) is 28.6 Å². The van der Waals surface area contributed by atoms with Crippen LogP contribution in [0.25, 0.3) is 0 Å². The smallest absolute Gasteiger partial charge is 0.231 e. The molecule has 6 heteroatoms. The largest absolute Gasteiger partial charge is 0.359 e. The van der Waals surface area contributed by atoms with Gasteiger partial charge in [0.1, 0.15) is 0 Å². The lowest BCUT2D eigenvalue weighted by molar-refractivity contribution is -0.119. The predicted molar refractivity (Wildman–Crippen MR) is 65.1 cm³/mol. The Morgan fingerprint density at radius 3 is 2.44 bits per heavy atom. The van der Waals surface area contributed by atoms with E-state index < -0.39 is 0 Å². The summed E-state index contributed by atoms with van der Waals surface area (Å²) in [4.78, 5) is 11.5. The summed E-state index contributed by atoms with van der Waals surface area (Å²) in [7, 11) is 1.55. The van der Waals surface area contributed by atoms with Gasteiger partial charge < -0.3 is 5.32 Å². The molecular formula is C10H11Cl2N3O. The Balaban J connectivity index is 2.73. The summed E-state index contributed by atoms with van der Waals surface area (Å²) in [6.45, 7) is 0. The van der Waals surface area contributed by atoms with Crippen LogP contribution in [-0.2, 0) is 11.2 Å². The van der Waals surface area contributed by atoms with Crippen molar-refractivity contribution in [3.05, 3.63) is 33.8 Å². The van der Waals surface area contributed by atoms with Gasteiger partial charge in [-0.25, -0.2) is 0 Å². The molecule has 0 aliphatic heterocycles. The lowest BCUT2D eigenvalue weighted by Crippen LogP contribution is -2.38. The van der Waals surface area contributed by atoms with Crippen LogP contribution in [0.15, 0.2) is 18.2 Å². The van der Waals surface area contributed by atoms with Crippen LogP contribution in [0.2, 0.25) is 10.0 Å². The first-order chi connectivity index (χ1) is 7.54. The monoisotopic (exact) mass is 259 g/mol. The summed E-state index contributed by atoms with van der Waals surface area (Å²) in [5.41, 5.74) is 0.562. The average Bonchev–Trinajstić information content (AvgIpc) is 2.23. The topological polar surface area (TPSA) is 65.0 Å². The Bertz CT molecular complexity index is 400. The average molecular weight is 260 g/mol. The van der Waals surface area contributed by atoms with E-state index in [0.717, 1.165) is 0 Å². The molecule has 86 valence electrons.